The number of esters is 2. The van der Waals surface area contributed by atoms with Gasteiger partial charge in [-0.25, -0.2) is 4.79 Å². The van der Waals surface area contributed by atoms with Crippen molar-refractivity contribution in [3.63, 3.8) is 0 Å². The zero-order valence-corrected chi connectivity index (χ0v) is 14.4. The summed E-state index contributed by atoms with van der Waals surface area (Å²) in [6.07, 6.45) is -0.0524. The summed E-state index contributed by atoms with van der Waals surface area (Å²) in [7, 11) is 0. The van der Waals surface area contributed by atoms with Crippen LogP contribution in [-0.2, 0) is 14.3 Å². The van der Waals surface area contributed by atoms with Crippen LogP contribution < -0.4 is 10.6 Å². The van der Waals surface area contributed by atoms with Gasteiger partial charge in [-0.3, -0.25) is 9.59 Å². The van der Waals surface area contributed by atoms with Gasteiger partial charge < -0.3 is 20.1 Å². The maximum Gasteiger partial charge on any atom is 0.350 e. The molecule has 23 heavy (non-hydrogen) atoms. The molecule has 0 bridgehead atoms. The Balaban J connectivity index is 2.35. The smallest absolute Gasteiger partial charge is 0.350 e. The van der Waals surface area contributed by atoms with Crippen LogP contribution in [0, 0.1) is 6.92 Å². The topological polar surface area (TPSA) is 93.7 Å². The maximum atomic E-state index is 12.4. The highest BCUT2D eigenvalue weighted by Crippen LogP contribution is 2.38. The first-order valence-corrected chi connectivity index (χ1v) is 8.19. The van der Waals surface area contributed by atoms with Crippen LogP contribution >= 0.6 is 11.3 Å². The van der Waals surface area contributed by atoms with Gasteiger partial charge in [0.05, 0.1) is 30.9 Å². The maximum absolute atomic E-state index is 12.4. The SMILES string of the molecule is CCOC(=O)C[C@@]1(C)NC(=O)c2c(C)sc(C(=O)OCC)c2N1. The third kappa shape index (κ3) is 3.47. The number of rotatable bonds is 5. The summed E-state index contributed by atoms with van der Waals surface area (Å²) in [5.74, 6) is -1.24. The number of hydrogen-bond donors (Lipinski definition) is 2. The van der Waals surface area contributed by atoms with Gasteiger partial charge in [0.25, 0.3) is 5.91 Å². The van der Waals surface area contributed by atoms with Crippen molar-refractivity contribution in [1.82, 2.24) is 5.32 Å². The minimum atomic E-state index is -1.02. The number of amides is 1. The molecule has 0 fully saturated rings. The molecule has 1 aromatic rings. The molecule has 0 aliphatic carbocycles. The molecule has 0 saturated heterocycles. The Kier molecular flexibility index (Phi) is 4.93. The Morgan fingerprint density at radius 2 is 1.83 bits per heavy atom. The minimum absolute atomic E-state index is 0.0524. The van der Waals surface area contributed by atoms with Crippen molar-refractivity contribution in [2.75, 3.05) is 18.5 Å². The Morgan fingerprint density at radius 3 is 2.43 bits per heavy atom. The van der Waals surface area contributed by atoms with Crippen molar-refractivity contribution < 1.29 is 23.9 Å². The van der Waals surface area contributed by atoms with Crippen molar-refractivity contribution in [3.05, 3.63) is 15.3 Å². The van der Waals surface area contributed by atoms with Gasteiger partial charge in [0.1, 0.15) is 10.5 Å². The molecule has 1 amide bonds. The number of carbonyl (C=O) groups excluding carboxylic acids is 3. The minimum Gasteiger partial charge on any atom is -0.466 e. The highest BCUT2D eigenvalue weighted by Gasteiger charge is 2.40. The molecule has 1 aliphatic heterocycles. The summed E-state index contributed by atoms with van der Waals surface area (Å²) in [6, 6.07) is 0. The van der Waals surface area contributed by atoms with E-state index in [1.165, 1.54) is 11.3 Å². The number of aryl methyl sites for hydroxylation is 1. The number of fused-ring (bicyclic) bond motifs is 1. The van der Waals surface area contributed by atoms with Crippen molar-refractivity contribution >= 4 is 34.9 Å². The summed E-state index contributed by atoms with van der Waals surface area (Å²) in [5, 5.41) is 5.87. The van der Waals surface area contributed by atoms with Gasteiger partial charge in [0.2, 0.25) is 0 Å². The molecule has 126 valence electrons. The average molecular weight is 340 g/mol. The molecule has 0 radical (unpaired) electrons. The number of hydrogen-bond acceptors (Lipinski definition) is 7. The highest BCUT2D eigenvalue weighted by molar-refractivity contribution is 7.15. The molecule has 0 unspecified atom stereocenters. The molecular formula is C15H20N2O5S. The lowest BCUT2D eigenvalue weighted by Crippen LogP contribution is -2.56. The van der Waals surface area contributed by atoms with Crippen LogP contribution in [0.5, 0.6) is 0 Å². The number of carbonyl (C=O) groups is 3. The van der Waals surface area contributed by atoms with E-state index >= 15 is 0 Å². The quantitative estimate of drug-likeness (QED) is 0.797. The first-order chi connectivity index (χ1) is 10.8. The van der Waals surface area contributed by atoms with E-state index in [4.69, 9.17) is 9.47 Å². The predicted molar refractivity (Wildman–Crippen MR) is 85.8 cm³/mol. The van der Waals surface area contributed by atoms with Gasteiger partial charge in [-0.2, -0.15) is 0 Å². The van der Waals surface area contributed by atoms with Crippen LogP contribution in [0.25, 0.3) is 0 Å². The number of thiophene rings is 1. The lowest BCUT2D eigenvalue weighted by atomic mass is 10.0. The fourth-order valence-corrected chi connectivity index (χ4v) is 3.49. The monoisotopic (exact) mass is 340 g/mol. The van der Waals surface area contributed by atoms with Gasteiger partial charge in [-0.15, -0.1) is 11.3 Å². The summed E-state index contributed by atoms with van der Waals surface area (Å²) in [5.41, 5.74) is -0.189. The summed E-state index contributed by atoms with van der Waals surface area (Å²) >= 11 is 1.20. The average Bonchev–Trinajstić information content (AvgIpc) is 2.75. The van der Waals surface area contributed by atoms with Crippen molar-refractivity contribution in [2.45, 2.75) is 39.8 Å². The Morgan fingerprint density at radius 1 is 1.17 bits per heavy atom. The number of nitrogens with one attached hydrogen (secondary N) is 2. The van der Waals surface area contributed by atoms with Crippen LogP contribution in [0.15, 0.2) is 0 Å². The van der Waals surface area contributed by atoms with Crippen LogP contribution in [0.2, 0.25) is 0 Å². The molecule has 8 heteroatoms. The number of anilines is 1. The van der Waals surface area contributed by atoms with Crippen molar-refractivity contribution in [3.8, 4) is 0 Å². The van der Waals surface area contributed by atoms with Gasteiger partial charge in [-0.1, -0.05) is 0 Å². The molecule has 1 aliphatic rings. The second kappa shape index (κ2) is 6.57. The molecule has 2 rings (SSSR count). The van der Waals surface area contributed by atoms with E-state index in [0.29, 0.717) is 21.0 Å². The van der Waals surface area contributed by atoms with Crippen LogP contribution in [0.4, 0.5) is 5.69 Å². The summed E-state index contributed by atoms with van der Waals surface area (Å²) in [4.78, 5) is 37.3. The fraction of sp³-hybridized carbons (Fsp3) is 0.533. The molecule has 2 N–H and O–H groups in total. The van der Waals surface area contributed by atoms with Crippen LogP contribution in [-0.4, -0.2) is 36.7 Å². The molecule has 0 saturated carbocycles. The van der Waals surface area contributed by atoms with Gasteiger partial charge >= 0.3 is 11.9 Å². The number of ether oxygens (including phenoxy) is 2. The largest absolute Gasteiger partial charge is 0.466 e. The van der Waals surface area contributed by atoms with E-state index in [2.05, 4.69) is 10.6 Å². The summed E-state index contributed by atoms with van der Waals surface area (Å²) < 4.78 is 9.97. The molecule has 1 atom stereocenters. The molecule has 7 nitrogen and oxygen atoms in total. The third-order valence-corrected chi connectivity index (χ3v) is 4.45. The van der Waals surface area contributed by atoms with E-state index in [0.717, 1.165) is 0 Å². The zero-order chi connectivity index (χ0) is 17.2. The predicted octanol–water partition coefficient (Wildman–Crippen LogP) is 2.06. The lowest BCUT2D eigenvalue weighted by molar-refractivity contribution is -0.144. The van der Waals surface area contributed by atoms with Crippen LogP contribution in [0.1, 0.15) is 52.1 Å². The molecule has 0 spiro atoms. The molecule has 2 heterocycles. The van der Waals surface area contributed by atoms with Gasteiger partial charge in [-0.05, 0) is 27.7 Å². The normalized spacial score (nSPS) is 19.4. The van der Waals surface area contributed by atoms with E-state index in [9.17, 15) is 14.4 Å². The Bertz CT molecular complexity index is 655. The van der Waals surface area contributed by atoms with E-state index in [-0.39, 0.29) is 25.5 Å². The van der Waals surface area contributed by atoms with E-state index in [1.807, 2.05) is 0 Å². The standard InChI is InChI=1S/C15H20N2O5S/c1-5-21-9(18)7-15(4)16-11-10(13(19)17-15)8(3)23-12(11)14(20)22-6-2/h16H,5-7H2,1-4H3,(H,17,19)/t15-/m1/s1. The fourth-order valence-electron chi connectivity index (χ4n) is 2.49. The van der Waals surface area contributed by atoms with Crippen LogP contribution in [0.3, 0.4) is 0 Å². The molecule has 1 aromatic heterocycles. The zero-order valence-electron chi connectivity index (χ0n) is 13.6. The summed E-state index contributed by atoms with van der Waals surface area (Å²) in [6.45, 7) is 7.38. The first kappa shape index (κ1) is 17.3. The second-order valence-electron chi connectivity index (χ2n) is 5.35. The van der Waals surface area contributed by atoms with Gasteiger partial charge in [0.15, 0.2) is 0 Å². The van der Waals surface area contributed by atoms with Crippen molar-refractivity contribution in [2.24, 2.45) is 0 Å². The van der Waals surface area contributed by atoms with E-state index < -0.39 is 17.6 Å². The molecular weight excluding hydrogens is 320 g/mol. The van der Waals surface area contributed by atoms with Crippen molar-refractivity contribution in [1.29, 1.82) is 0 Å². The Labute approximate surface area is 138 Å². The first-order valence-electron chi connectivity index (χ1n) is 7.38. The van der Waals surface area contributed by atoms with E-state index in [1.54, 1.807) is 27.7 Å². The Hall–Kier alpha value is -2.09. The second-order valence-corrected chi connectivity index (χ2v) is 6.58. The lowest BCUT2D eigenvalue weighted by Gasteiger charge is -2.36. The van der Waals surface area contributed by atoms with Gasteiger partial charge in [0, 0.05) is 4.88 Å². The molecule has 0 aromatic carbocycles. The third-order valence-electron chi connectivity index (χ3n) is 3.37. The highest BCUT2D eigenvalue weighted by atomic mass is 32.1.